The normalized spacial score (nSPS) is 26.0. The van der Waals surface area contributed by atoms with E-state index >= 15 is 4.39 Å². The first-order valence-electron chi connectivity index (χ1n) is 16.0. The average molecular weight is 634 g/mol. The van der Waals surface area contributed by atoms with Gasteiger partial charge in [-0.3, -0.25) is 19.8 Å². The molecule has 1 spiro atoms. The predicted molar refractivity (Wildman–Crippen MR) is 167 cm³/mol. The van der Waals surface area contributed by atoms with E-state index in [1.807, 2.05) is 7.05 Å². The number of aromatic amines is 1. The monoisotopic (exact) mass is 633 g/mol. The van der Waals surface area contributed by atoms with Gasteiger partial charge in [0.2, 0.25) is 5.91 Å². The maximum Gasteiger partial charge on any atom is 0.319 e. The molecule has 4 aliphatic heterocycles. The van der Waals surface area contributed by atoms with Gasteiger partial charge in [-0.1, -0.05) is 0 Å². The third-order valence-electron chi connectivity index (χ3n) is 10.2. The Kier molecular flexibility index (Phi) is 7.25. The maximum atomic E-state index is 16.8. The van der Waals surface area contributed by atoms with Crippen molar-refractivity contribution in [2.24, 2.45) is 0 Å². The molecule has 46 heavy (non-hydrogen) atoms. The molecule has 242 valence electrons. The van der Waals surface area contributed by atoms with Gasteiger partial charge in [0.25, 0.3) is 0 Å². The van der Waals surface area contributed by atoms with Crippen molar-refractivity contribution in [3.05, 3.63) is 35.7 Å². The van der Waals surface area contributed by atoms with Gasteiger partial charge in [-0.25, -0.2) is 8.78 Å². The van der Waals surface area contributed by atoms with Crippen LogP contribution in [-0.4, -0.2) is 118 Å². The molecular weight excluding hydrogens is 596 g/mol. The van der Waals surface area contributed by atoms with Crippen LogP contribution in [0.25, 0.3) is 33.1 Å². The summed E-state index contributed by atoms with van der Waals surface area (Å²) in [6.45, 7) is 6.31. The van der Waals surface area contributed by atoms with E-state index in [2.05, 4.69) is 35.3 Å². The van der Waals surface area contributed by atoms with Crippen molar-refractivity contribution < 1.29 is 23.0 Å². The molecule has 14 heteroatoms. The van der Waals surface area contributed by atoms with Crippen LogP contribution in [-0.2, 0) is 9.53 Å². The fraction of sp³-hybridized carbons (Fsp3) is 0.531. The van der Waals surface area contributed by atoms with Gasteiger partial charge < -0.3 is 24.6 Å². The molecule has 7 heterocycles. The molecule has 0 saturated carbocycles. The fourth-order valence-corrected chi connectivity index (χ4v) is 7.82. The molecular formula is C32H37F2N9O3. The number of hydrogen-bond donors (Lipinski definition) is 2. The highest BCUT2D eigenvalue weighted by molar-refractivity contribution is 5.99. The summed E-state index contributed by atoms with van der Waals surface area (Å²) in [5, 5.41) is 11.3. The van der Waals surface area contributed by atoms with Gasteiger partial charge in [0, 0.05) is 63.0 Å². The number of rotatable bonds is 1. The number of halogens is 2. The van der Waals surface area contributed by atoms with Gasteiger partial charge in [-0.05, 0) is 44.4 Å². The molecule has 3 saturated heterocycles. The van der Waals surface area contributed by atoms with E-state index in [9.17, 15) is 9.18 Å². The number of amides is 1. The molecule has 4 aromatic rings. The van der Waals surface area contributed by atoms with Gasteiger partial charge in [0.15, 0.2) is 5.82 Å². The van der Waals surface area contributed by atoms with Crippen molar-refractivity contribution in [1.29, 1.82) is 0 Å². The third kappa shape index (κ3) is 4.94. The SMILES string of the molecule is Cc1c(F)cc2[nH]ncc2c1-c1ncc2c3nc(nc2c1F)OCC12CCCN1CC(C2)OCCC(=O)N(C)CC1CN3CCN1. The van der Waals surface area contributed by atoms with Crippen LogP contribution in [0.1, 0.15) is 31.2 Å². The summed E-state index contributed by atoms with van der Waals surface area (Å²) in [4.78, 5) is 33.3. The number of H-pyrrole nitrogens is 1. The molecule has 2 N–H and O–H groups in total. The van der Waals surface area contributed by atoms with E-state index < -0.39 is 11.6 Å². The van der Waals surface area contributed by atoms with Crippen LogP contribution in [0, 0.1) is 18.6 Å². The van der Waals surface area contributed by atoms with Crippen LogP contribution in [0.5, 0.6) is 6.01 Å². The van der Waals surface area contributed by atoms with E-state index in [1.54, 1.807) is 24.2 Å². The van der Waals surface area contributed by atoms with Crippen molar-refractivity contribution in [2.45, 2.75) is 50.3 Å². The van der Waals surface area contributed by atoms with Gasteiger partial charge in [0.1, 0.15) is 29.5 Å². The molecule has 0 aliphatic carbocycles. The average Bonchev–Trinajstić information content (AvgIpc) is 3.75. The Bertz CT molecular complexity index is 1840. The number of pyridine rings is 1. The van der Waals surface area contributed by atoms with E-state index in [0.717, 1.165) is 32.4 Å². The number of likely N-dealkylation sites (N-methyl/N-ethyl adjacent to an activating group) is 1. The minimum Gasteiger partial charge on any atom is -0.461 e. The molecule has 3 fully saturated rings. The molecule has 3 atom stereocenters. The number of anilines is 1. The minimum absolute atomic E-state index is 0.00175. The molecule has 3 unspecified atom stereocenters. The number of fused-ring (bicyclic) bond motifs is 9. The quantitative estimate of drug-likeness (QED) is 0.324. The predicted octanol–water partition coefficient (Wildman–Crippen LogP) is 2.80. The number of nitrogens with one attached hydrogen (secondary N) is 2. The Hall–Kier alpha value is -4.01. The number of hydrogen-bond acceptors (Lipinski definition) is 10. The van der Waals surface area contributed by atoms with Gasteiger partial charge >= 0.3 is 6.01 Å². The number of carbonyl (C=O) groups excluding carboxylic acids is 1. The van der Waals surface area contributed by atoms with E-state index in [0.29, 0.717) is 73.5 Å². The Morgan fingerprint density at radius 2 is 2.00 bits per heavy atom. The van der Waals surface area contributed by atoms with Crippen molar-refractivity contribution in [3.63, 3.8) is 0 Å². The van der Waals surface area contributed by atoms with Crippen molar-refractivity contribution in [1.82, 2.24) is 40.3 Å². The Morgan fingerprint density at radius 1 is 1.11 bits per heavy atom. The second-order valence-electron chi connectivity index (χ2n) is 13.1. The topological polar surface area (TPSA) is 125 Å². The lowest BCUT2D eigenvalue weighted by Gasteiger charge is -2.36. The summed E-state index contributed by atoms with van der Waals surface area (Å²) >= 11 is 0. The van der Waals surface area contributed by atoms with Crippen molar-refractivity contribution >= 4 is 33.5 Å². The molecule has 0 radical (unpaired) electrons. The van der Waals surface area contributed by atoms with Gasteiger partial charge in [0.05, 0.1) is 41.8 Å². The first kappa shape index (κ1) is 29.4. The summed E-state index contributed by atoms with van der Waals surface area (Å²) in [6.07, 6.45) is 6.20. The maximum absolute atomic E-state index is 16.8. The van der Waals surface area contributed by atoms with Crippen LogP contribution < -0.4 is 15.0 Å². The zero-order valence-corrected chi connectivity index (χ0v) is 26.0. The molecule has 6 bridgehead atoms. The number of nitrogens with zero attached hydrogens (tertiary/aromatic N) is 7. The van der Waals surface area contributed by atoms with Crippen molar-refractivity contribution in [2.75, 3.05) is 64.4 Å². The lowest BCUT2D eigenvalue weighted by molar-refractivity contribution is -0.131. The number of piperazine rings is 1. The van der Waals surface area contributed by atoms with E-state index in [-0.39, 0.29) is 46.4 Å². The lowest BCUT2D eigenvalue weighted by Crippen LogP contribution is -2.55. The fourth-order valence-electron chi connectivity index (χ4n) is 7.82. The highest BCUT2D eigenvalue weighted by Crippen LogP contribution is 2.41. The number of carbonyl (C=O) groups is 1. The Balaban J connectivity index is 1.25. The first-order valence-corrected chi connectivity index (χ1v) is 16.0. The molecule has 8 rings (SSSR count). The van der Waals surface area contributed by atoms with E-state index in [4.69, 9.17) is 14.5 Å². The van der Waals surface area contributed by atoms with Gasteiger partial charge in [-0.15, -0.1) is 0 Å². The zero-order valence-electron chi connectivity index (χ0n) is 26.0. The second kappa shape index (κ2) is 11.4. The molecule has 1 aromatic carbocycles. The summed E-state index contributed by atoms with van der Waals surface area (Å²) in [7, 11) is 1.82. The second-order valence-corrected chi connectivity index (χ2v) is 13.1. The summed E-state index contributed by atoms with van der Waals surface area (Å²) in [6, 6.07) is 1.39. The molecule has 1 amide bonds. The minimum atomic E-state index is -0.680. The summed E-state index contributed by atoms with van der Waals surface area (Å²) in [5.41, 5.74) is 0.836. The van der Waals surface area contributed by atoms with Gasteiger partial charge in [-0.2, -0.15) is 15.1 Å². The summed E-state index contributed by atoms with van der Waals surface area (Å²) < 4.78 is 44.4. The number of benzene rings is 1. The Morgan fingerprint density at radius 3 is 2.89 bits per heavy atom. The molecule has 4 aliphatic rings. The number of aromatic nitrogens is 5. The van der Waals surface area contributed by atoms with Crippen LogP contribution in [0.15, 0.2) is 18.5 Å². The highest BCUT2D eigenvalue weighted by Gasteiger charge is 2.49. The Labute approximate surface area is 264 Å². The van der Waals surface area contributed by atoms with E-state index in [1.165, 1.54) is 6.07 Å². The third-order valence-corrected chi connectivity index (χ3v) is 10.2. The van der Waals surface area contributed by atoms with Crippen molar-refractivity contribution in [3.8, 4) is 17.3 Å². The van der Waals surface area contributed by atoms with Crippen LogP contribution in [0.3, 0.4) is 0 Å². The standard InChI is InChI=1S/C32H37F2N9O3/c1-18-23(33)10-24-21(13-37-40-24)26(18)29-27(34)28-22(12-36-29)30-39-31(38-28)46-17-32-5-3-7-43(32)16-20(11-32)45-9-4-25(44)41(2)14-19-15-42(30)8-6-35-19/h10,12-13,19-20,35H,3-9,11,14-17H2,1-2H3,(H,37,40). The largest absolute Gasteiger partial charge is 0.461 e. The summed E-state index contributed by atoms with van der Waals surface area (Å²) in [5.74, 6) is -0.618. The smallest absolute Gasteiger partial charge is 0.319 e. The van der Waals surface area contributed by atoms with Crippen LogP contribution >= 0.6 is 0 Å². The highest BCUT2D eigenvalue weighted by atomic mass is 19.1. The number of ether oxygens (including phenoxy) is 2. The molecule has 12 nitrogen and oxygen atoms in total. The molecule has 3 aromatic heterocycles. The lowest BCUT2D eigenvalue weighted by atomic mass is 9.94. The zero-order chi connectivity index (χ0) is 31.6. The first-order chi connectivity index (χ1) is 22.3. The van der Waals surface area contributed by atoms with Crippen LogP contribution in [0.2, 0.25) is 0 Å². The van der Waals surface area contributed by atoms with Crippen LogP contribution in [0.4, 0.5) is 14.6 Å².